The summed E-state index contributed by atoms with van der Waals surface area (Å²) in [6.07, 6.45) is 0. The maximum atomic E-state index is 3.18. The minimum Gasteiger partial charge on any atom is -0.388 e. The first-order chi connectivity index (χ1) is 9.10. The maximum absolute atomic E-state index is 3.18. The van der Waals surface area contributed by atoms with Gasteiger partial charge in [0.15, 0.2) is 0 Å². The molecule has 0 aromatic heterocycles. The average Bonchev–Trinajstić information content (AvgIpc) is 2.42. The highest BCUT2D eigenvalue weighted by Crippen LogP contribution is 2.21. The van der Waals surface area contributed by atoms with Crippen LogP contribution in [-0.2, 0) is 6.54 Å². The summed E-state index contributed by atoms with van der Waals surface area (Å²) in [4.78, 5) is 2.28. The third-order valence-electron chi connectivity index (χ3n) is 3.48. The van der Waals surface area contributed by atoms with Crippen molar-refractivity contribution in [1.82, 2.24) is 0 Å². The molecule has 0 saturated carbocycles. The van der Waals surface area contributed by atoms with Crippen molar-refractivity contribution in [2.75, 3.05) is 24.3 Å². The number of benzene rings is 2. The molecule has 2 nitrogen and oxygen atoms in total. The van der Waals surface area contributed by atoms with Gasteiger partial charge in [-0.25, -0.2) is 0 Å². The molecule has 0 aliphatic rings. The molecule has 0 heterocycles. The average molecular weight is 254 g/mol. The molecule has 0 aliphatic carbocycles. The van der Waals surface area contributed by atoms with Crippen LogP contribution in [0.5, 0.6) is 0 Å². The van der Waals surface area contributed by atoms with E-state index in [1.165, 1.54) is 22.4 Å². The van der Waals surface area contributed by atoms with Crippen LogP contribution < -0.4 is 10.2 Å². The molecule has 0 radical (unpaired) electrons. The van der Waals surface area contributed by atoms with E-state index in [1.807, 2.05) is 7.05 Å². The molecule has 2 rings (SSSR count). The molecule has 0 fully saturated rings. The summed E-state index contributed by atoms with van der Waals surface area (Å²) < 4.78 is 0. The lowest BCUT2D eigenvalue weighted by molar-refractivity contribution is 0.913. The Morgan fingerprint density at radius 3 is 2.53 bits per heavy atom. The molecule has 0 bridgehead atoms. The van der Waals surface area contributed by atoms with Crippen molar-refractivity contribution < 1.29 is 0 Å². The van der Waals surface area contributed by atoms with E-state index in [1.54, 1.807) is 0 Å². The second kappa shape index (κ2) is 5.79. The van der Waals surface area contributed by atoms with Gasteiger partial charge in [0.2, 0.25) is 0 Å². The fourth-order valence-corrected chi connectivity index (χ4v) is 2.27. The van der Waals surface area contributed by atoms with Crippen LogP contribution in [0.15, 0.2) is 42.5 Å². The smallest absolute Gasteiger partial charge is 0.0428 e. The van der Waals surface area contributed by atoms with Crippen molar-refractivity contribution in [2.24, 2.45) is 0 Å². The van der Waals surface area contributed by atoms with E-state index in [0.29, 0.717) is 0 Å². The SMILES string of the molecule is CNc1cccc(N(C)Cc2ccc(C)cc2C)c1. The first kappa shape index (κ1) is 13.5. The van der Waals surface area contributed by atoms with Gasteiger partial charge in [-0.1, -0.05) is 29.8 Å². The van der Waals surface area contributed by atoms with Crippen molar-refractivity contribution >= 4 is 11.4 Å². The predicted octanol–water partition coefficient (Wildman–Crippen LogP) is 3.98. The Kier molecular flexibility index (Phi) is 4.10. The molecule has 0 saturated heterocycles. The largest absolute Gasteiger partial charge is 0.388 e. The Morgan fingerprint density at radius 2 is 1.84 bits per heavy atom. The van der Waals surface area contributed by atoms with E-state index in [9.17, 15) is 0 Å². The van der Waals surface area contributed by atoms with Crippen molar-refractivity contribution in [3.63, 3.8) is 0 Å². The quantitative estimate of drug-likeness (QED) is 0.887. The van der Waals surface area contributed by atoms with E-state index in [-0.39, 0.29) is 0 Å². The number of nitrogens with one attached hydrogen (secondary N) is 1. The third kappa shape index (κ3) is 3.28. The highest BCUT2D eigenvalue weighted by molar-refractivity contribution is 5.57. The van der Waals surface area contributed by atoms with Gasteiger partial charge in [-0.2, -0.15) is 0 Å². The molecular formula is C17H22N2. The summed E-state index contributed by atoms with van der Waals surface area (Å²) in [5, 5.41) is 3.18. The highest BCUT2D eigenvalue weighted by Gasteiger charge is 2.05. The molecule has 0 aliphatic heterocycles. The Bertz CT molecular complexity index is 561. The Balaban J connectivity index is 2.17. The minimum atomic E-state index is 0.930. The zero-order valence-corrected chi connectivity index (χ0v) is 12.2. The van der Waals surface area contributed by atoms with E-state index < -0.39 is 0 Å². The van der Waals surface area contributed by atoms with Gasteiger partial charge in [0.05, 0.1) is 0 Å². The summed E-state index contributed by atoms with van der Waals surface area (Å²) >= 11 is 0. The number of anilines is 2. The van der Waals surface area contributed by atoms with Gasteiger partial charge in [-0.05, 0) is 43.2 Å². The van der Waals surface area contributed by atoms with Gasteiger partial charge in [-0.3, -0.25) is 0 Å². The fourth-order valence-electron chi connectivity index (χ4n) is 2.27. The number of aryl methyl sites for hydroxylation is 2. The van der Waals surface area contributed by atoms with Crippen molar-refractivity contribution in [1.29, 1.82) is 0 Å². The molecular weight excluding hydrogens is 232 g/mol. The first-order valence-corrected chi connectivity index (χ1v) is 6.65. The lowest BCUT2D eigenvalue weighted by Crippen LogP contribution is -2.17. The molecule has 0 amide bonds. The van der Waals surface area contributed by atoms with Crippen LogP contribution in [0, 0.1) is 13.8 Å². The highest BCUT2D eigenvalue weighted by atomic mass is 15.1. The van der Waals surface area contributed by atoms with Crippen LogP contribution in [0.3, 0.4) is 0 Å². The van der Waals surface area contributed by atoms with Crippen molar-refractivity contribution in [3.05, 3.63) is 59.2 Å². The summed E-state index contributed by atoms with van der Waals surface area (Å²) in [5.41, 5.74) is 6.43. The normalized spacial score (nSPS) is 10.3. The van der Waals surface area contributed by atoms with Crippen LogP contribution >= 0.6 is 0 Å². The van der Waals surface area contributed by atoms with Gasteiger partial charge in [0.25, 0.3) is 0 Å². The molecule has 0 unspecified atom stereocenters. The molecule has 0 spiro atoms. The Hall–Kier alpha value is -1.96. The lowest BCUT2D eigenvalue weighted by atomic mass is 10.1. The van der Waals surface area contributed by atoms with Gasteiger partial charge in [-0.15, -0.1) is 0 Å². The van der Waals surface area contributed by atoms with E-state index in [4.69, 9.17) is 0 Å². The fraction of sp³-hybridized carbons (Fsp3) is 0.294. The van der Waals surface area contributed by atoms with Crippen molar-refractivity contribution in [3.8, 4) is 0 Å². The number of rotatable bonds is 4. The van der Waals surface area contributed by atoms with Gasteiger partial charge in [0, 0.05) is 32.0 Å². The van der Waals surface area contributed by atoms with Crippen LogP contribution in [0.25, 0.3) is 0 Å². The molecule has 2 aromatic rings. The molecule has 0 atom stereocenters. The third-order valence-corrected chi connectivity index (χ3v) is 3.48. The van der Waals surface area contributed by atoms with E-state index >= 15 is 0 Å². The van der Waals surface area contributed by atoms with Crippen LogP contribution in [0.1, 0.15) is 16.7 Å². The number of nitrogens with zero attached hydrogens (tertiary/aromatic N) is 1. The first-order valence-electron chi connectivity index (χ1n) is 6.65. The number of hydrogen-bond acceptors (Lipinski definition) is 2. The second-order valence-corrected chi connectivity index (χ2v) is 5.09. The summed E-state index contributed by atoms with van der Waals surface area (Å²) in [7, 11) is 4.08. The molecule has 2 aromatic carbocycles. The topological polar surface area (TPSA) is 15.3 Å². The zero-order valence-electron chi connectivity index (χ0n) is 12.2. The minimum absolute atomic E-state index is 0.930. The van der Waals surface area contributed by atoms with Crippen LogP contribution in [-0.4, -0.2) is 14.1 Å². The van der Waals surface area contributed by atoms with Crippen molar-refractivity contribution in [2.45, 2.75) is 20.4 Å². The van der Waals surface area contributed by atoms with E-state index in [0.717, 1.165) is 12.2 Å². The molecule has 19 heavy (non-hydrogen) atoms. The molecule has 1 N–H and O–H groups in total. The summed E-state index contributed by atoms with van der Waals surface area (Å²) in [5.74, 6) is 0. The van der Waals surface area contributed by atoms with E-state index in [2.05, 4.69) is 73.6 Å². The predicted molar refractivity (Wildman–Crippen MR) is 84.0 cm³/mol. The zero-order chi connectivity index (χ0) is 13.8. The monoisotopic (exact) mass is 254 g/mol. The lowest BCUT2D eigenvalue weighted by Gasteiger charge is -2.21. The Labute approximate surface area is 116 Å². The van der Waals surface area contributed by atoms with Crippen LogP contribution in [0.4, 0.5) is 11.4 Å². The Morgan fingerprint density at radius 1 is 1.05 bits per heavy atom. The standard InChI is InChI=1S/C17H22N2/c1-13-8-9-15(14(2)10-13)12-19(4)17-7-5-6-16(11-17)18-3/h5-11,18H,12H2,1-4H3. The maximum Gasteiger partial charge on any atom is 0.0428 e. The van der Waals surface area contributed by atoms with Crippen LogP contribution in [0.2, 0.25) is 0 Å². The summed E-state index contributed by atoms with van der Waals surface area (Å²) in [6, 6.07) is 15.1. The number of hydrogen-bond donors (Lipinski definition) is 1. The van der Waals surface area contributed by atoms with Gasteiger partial charge in [0.1, 0.15) is 0 Å². The summed E-state index contributed by atoms with van der Waals surface area (Å²) in [6.45, 7) is 5.25. The van der Waals surface area contributed by atoms with Gasteiger partial charge >= 0.3 is 0 Å². The second-order valence-electron chi connectivity index (χ2n) is 5.09. The molecule has 100 valence electrons. The molecule has 2 heteroatoms. The van der Waals surface area contributed by atoms with Gasteiger partial charge < -0.3 is 10.2 Å².